The Balaban J connectivity index is 1.99. The van der Waals surface area contributed by atoms with Crippen molar-refractivity contribution >= 4 is 17.5 Å². The van der Waals surface area contributed by atoms with Gasteiger partial charge in [-0.2, -0.15) is 5.10 Å². The number of carbonyl (C=O) groups excluding carboxylic acids is 1. The van der Waals surface area contributed by atoms with Crippen LogP contribution in [0.25, 0.3) is 0 Å². The molecule has 0 bridgehead atoms. The van der Waals surface area contributed by atoms with Crippen LogP contribution in [0.15, 0.2) is 6.20 Å². The molecule has 0 aromatic carbocycles. The van der Waals surface area contributed by atoms with E-state index in [1.165, 1.54) is 30.1 Å². The SMILES string of the molecule is Cn1ncc(C(=O)NC2CCCCC2)c1Cl. The minimum atomic E-state index is -0.106. The van der Waals surface area contributed by atoms with E-state index in [1.807, 2.05) is 0 Å². The number of amides is 1. The Morgan fingerprint density at radius 1 is 1.50 bits per heavy atom. The molecule has 5 heteroatoms. The van der Waals surface area contributed by atoms with Crippen molar-refractivity contribution in [1.82, 2.24) is 15.1 Å². The molecule has 1 amide bonds. The van der Waals surface area contributed by atoms with Crippen LogP contribution >= 0.6 is 11.6 Å². The Bertz CT molecular complexity index is 383. The second kappa shape index (κ2) is 4.87. The summed E-state index contributed by atoms with van der Waals surface area (Å²) < 4.78 is 1.50. The zero-order chi connectivity index (χ0) is 11.5. The normalized spacial score (nSPS) is 17.4. The molecule has 0 unspecified atom stereocenters. The van der Waals surface area contributed by atoms with Gasteiger partial charge in [0.1, 0.15) is 5.15 Å². The largest absolute Gasteiger partial charge is 0.349 e. The van der Waals surface area contributed by atoms with Gasteiger partial charge in [-0.1, -0.05) is 30.9 Å². The molecule has 16 heavy (non-hydrogen) atoms. The third-order valence-corrected chi connectivity index (χ3v) is 3.50. The van der Waals surface area contributed by atoms with E-state index in [1.54, 1.807) is 7.05 Å². The Labute approximate surface area is 100.0 Å². The quantitative estimate of drug-likeness (QED) is 0.862. The molecule has 1 aromatic rings. The molecule has 1 aromatic heterocycles. The Morgan fingerprint density at radius 3 is 2.75 bits per heavy atom. The van der Waals surface area contributed by atoms with Crippen molar-refractivity contribution in [2.45, 2.75) is 38.1 Å². The number of rotatable bonds is 2. The minimum Gasteiger partial charge on any atom is -0.349 e. The van der Waals surface area contributed by atoms with Crippen molar-refractivity contribution < 1.29 is 4.79 Å². The molecule has 1 N–H and O–H groups in total. The second-order valence-corrected chi connectivity index (χ2v) is 4.64. The highest BCUT2D eigenvalue weighted by Gasteiger charge is 2.19. The Kier molecular flexibility index (Phi) is 3.49. The van der Waals surface area contributed by atoms with Gasteiger partial charge in [0.2, 0.25) is 0 Å². The van der Waals surface area contributed by atoms with E-state index in [9.17, 15) is 4.79 Å². The molecule has 4 nitrogen and oxygen atoms in total. The van der Waals surface area contributed by atoms with Crippen molar-refractivity contribution in [3.8, 4) is 0 Å². The average molecular weight is 242 g/mol. The number of aromatic nitrogens is 2. The van der Waals surface area contributed by atoms with Crippen molar-refractivity contribution in [2.24, 2.45) is 7.05 Å². The first-order valence-electron chi connectivity index (χ1n) is 5.67. The fraction of sp³-hybridized carbons (Fsp3) is 0.636. The van der Waals surface area contributed by atoms with E-state index in [0.717, 1.165) is 12.8 Å². The molecule has 1 saturated carbocycles. The van der Waals surface area contributed by atoms with Crippen molar-refractivity contribution in [1.29, 1.82) is 0 Å². The summed E-state index contributed by atoms with van der Waals surface area (Å²) >= 11 is 5.96. The van der Waals surface area contributed by atoms with Gasteiger partial charge in [0.15, 0.2) is 0 Å². The molecule has 1 fully saturated rings. The van der Waals surface area contributed by atoms with Gasteiger partial charge in [-0.05, 0) is 12.8 Å². The molecule has 1 aliphatic rings. The number of carbonyl (C=O) groups is 1. The fourth-order valence-corrected chi connectivity index (χ4v) is 2.26. The molecule has 0 spiro atoms. The lowest BCUT2D eigenvalue weighted by atomic mass is 9.95. The number of nitrogens with zero attached hydrogens (tertiary/aromatic N) is 2. The van der Waals surface area contributed by atoms with Crippen LogP contribution in [0, 0.1) is 0 Å². The first-order chi connectivity index (χ1) is 7.68. The molecule has 1 heterocycles. The summed E-state index contributed by atoms with van der Waals surface area (Å²) in [5.41, 5.74) is 0.467. The Morgan fingerprint density at radius 2 is 2.19 bits per heavy atom. The zero-order valence-corrected chi connectivity index (χ0v) is 10.1. The lowest BCUT2D eigenvalue weighted by molar-refractivity contribution is 0.0928. The second-order valence-electron chi connectivity index (χ2n) is 4.28. The summed E-state index contributed by atoms with van der Waals surface area (Å²) in [5.74, 6) is -0.106. The van der Waals surface area contributed by atoms with Gasteiger partial charge in [-0.25, -0.2) is 0 Å². The van der Waals surface area contributed by atoms with Gasteiger partial charge >= 0.3 is 0 Å². The lowest BCUT2D eigenvalue weighted by Gasteiger charge is -2.22. The van der Waals surface area contributed by atoms with Crippen molar-refractivity contribution in [3.05, 3.63) is 16.9 Å². The van der Waals surface area contributed by atoms with E-state index in [0.29, 0.717) is 16.8 Å². The van der Waals surface area contributed by atoms with E-state index < -0.39 is 0 Å². The topological polar surface area (TPSA) is 46.9 Å². The highest BCUT2D eigenvalue weighted by atomic mass is 35.5. The summed E-state index contributed by atoms with van der Waals surface area (Å²) in [4.78, 5) is 11.9. The van der Waals surface area contributed by atoms with Crippen molar-refractivity contribution in [3.63, 3.8) is 0 Å². The summed E-state index contributed by atoms with van der Waals surface area (Å²) in [6.07, 6.45) is 7.34. The molecule has 0 radical (unpaired) electrons. The van der Waals surface area contributed by atoms with Crippen LogP contribution in [0.1, 0.15) is 42.5 Å². The van der Waals surface area contributed by atoms with E-state index in [-0.39, 0.29) is 5.91 Å². The maximum absolute atomic E-state index is 11.9. The van der Waals surface area contributed by atoms with Crippen LogP contribution in [0.3, 0.4) is 0 Å². The van der Waals surface area contributed by atoms with Gasteiger partial charge in [0.05, 0.1) is 11.8 Å². The van der Waals surface area contributed by atoms with Crippen molar-refractivity contribution in [2.75, 3.05) is 0 Å². The number of hydrogen-bond donors (Lipinski definition) is 1. The molecule has 0 aliphatic heterocycles. The molecule has 1 aliphatic carbocycles. The summed E-state index contributed by atoms with van der Waals surface area (Å²) in [6, 6.07) is 0.303. The highest BCUT2D eigenvalue weighted by molar-refractivity contribution is 6.32. The number of halogens is 1. The molecule has 0 atom stereocenters. The van der Waals surface area contributed by atoms with Crippen LogP contribution in [0.2, 0.25) is 5.15 Å². The summed E-state index contributed by atoms with van der Waals surface area (Å²) in [7, 11) is 1.72. The smallest absolute Gasteiger partial charge is 0.256 e. The standard InChI is InChI=1S/C11H16ClN3O/c1-15-10(12)9(7-13-15)11(16)14-8-5-3-2-4-6-8/h7-8H,2-6H2,1H3,(H,14,16). The van der Waals surface area contributed by atoms with E-state index in [4.69, 9.17) is 11.6 Å². The first kappa shape index (κ1) is 11.5. The summed E-state index contributed by atoms with van der Waals surface area (Å²) in [6.45, 7) is 0. The van der Waals surface area contributed by atoms with Gasteiger partial charge in [-0.3, -0.25) is 9.48 Å². The van der Waals surface area contributed by atoms with E-state index in [2.05, 4.69) is 10.4 Å². The molecule has 88 valence electrons. The highest BCUT2D eigenvalue weighted by Crippen LogP contribution is 2.19. The van der Waals surface area contributed by atoms with Gasteiger partial charge in [0, 0.05) is 13.1 Å². The number of hydrogen-bond acceptors (Lipinski definition) is 2. The number of nitrogens with one attached hydrogen (secondary N) is 1. The van der Waals surface area contributed by atoms with Crippen LogP contribution in [-0.2, 0) is 7.05 Å². The predicted molar refractivity (Wildman–Crippen MR) is 62.6 cm³/mol. The molecular formula is C11H16ClN3O. The number of aryl methyl sites for hydroxylation is 1. The summed E-state index contributed by atoms with van der Waals surface area (Å²) in [5, 5.41) is 7.36. The molecule has 0 saturated heterocycles. The maximum Gasteiger partial charge on any atom is 0.256 e. The minimum absolute atomic E-state index is 0.106. The van der Waals surface area contributed by atoms with Crippen LogP contribution in [-0.4, -0.2) is 21.7 Å². The third kappa shape index (κ3) is 2.38. The third-order valence-electron chi connectivity index (χ3n) is 3.05. The predicted octanol–water partition coefficient (Wildman–Crippen LogP) is 2.14. The van der Waals surface area contributed by atoms with Crippen LogP contribution < -0.4 is 5.32 Å². The Hall–Kier alpha value is -1.03. The van der Waals surface area contributed by atoms with E-state index >= 15 is 0 Å². The monoisotopic (exact) mass is 241 g/mol. The average Bonchev–Trinajstić information content (AvgIpc) is 2.61. The molecule has 2 rings (SSSR count). The van der Waals surface area contributed by atoms with Crippen LogP contribution in [0.5, 0.6) is 0 Å². The maximum atomic E-state index is 11.9. The van der Waals surface area contributed by atoms with Gasteiger partial charge < -0.3 is 5.32 Å². The zero-order valence-electron chi connectivity index (χ0n) is 9.37. The fourth-order valence-electron chi connectivity index (χ4n) is 2.08. The molecular weight excluding hydrogens is 226 g/mol. The van der Waals surface area contributed by atoms with Crippen LogP contribution in [0.4, 0.5) is 0 Å². The van der Waals surface area contributed by atoms with Gasteiger partial charge in [0.25, 0.3) is 5.91 Å². The first-order valence-corrected chi connectivity index (χ1v) is 6.04. The lowest BCUT2D eigenvalue weighted by Crippen LogP contribution is -2.36. The van der Waals surface area contributed by atoms with Gasteiger partial charge in [-0.15, -0.1) is 0 Å².